The molecule has 0 saturated carbocycles. The number of carbonyl (C=O) groups excluding carboxylic acids is 2. The van der Waals surface area contributed by atoms with E-state index in [0.29, 0.717) is 0 Å². The van der Waals surface area contributed by atoms with Crippen molar-refractivity contribution in [3.63, 3.8) is 0 Å². The third-order valence-corrected chi connectivity index (χ3v) is 0.777. The first-order valence-electron chi connectivity index (χ1n) is 2.62. The van der Waals surface area contributed by atoms with E-state index in [1.807, 2.05) is 0 Å². The molecule has 0 atom stereocenters. The van der Waals surface area contributed by atoms with Crippen LogP contribution in [0.3, 0.4) is 0 Å². The van der Waals surface area contributed by atoms with Crippen LogP contribution >= 0.6 is 0 Å². The van der Waals surface area contributed by atoms with Crippen LogP contribution in [0.1, 0.15) is 6.92 Å². The van der Waals surface area contributed by atoms with Gasteiger partial charge in [0.25, 0.3) is 0 Å². The lowest BCUT2D eigenvalue weighted by Crippen LogP contribution is -2.36. The lowest BCUT2D eigenvalue weighted by Gasteiger charge is -1.95. The summed E-state index contributed by atoms with van der Waals surface area (Å²) in [4.78, 5) is 20.6. The van der Waals surface area contributed by atoms with E-state index in [2.05, 4.69) is 10.5 Å². The van der Waals surface area contributed by atoms with Gasteiger partial charge in [-0.2, -0.15) is 0 Å². The van der Waals surface area contributed by atoms with Gasteiger partial charge < -0.3 is 10.5 Å². The molecule has 2 amide bonds. The Balaban J connectivity index is 3.28. The lowest BCUT2D eigenvalue weighted by atomic mass is 9.94. The molecule has 0 bridgehead atoms. The minimum absolute atomic E-state index is 0.0613. The minimum Gasteiger partial charge on any atom is -0.394 e. The first kappa shape index (κ1) is 8.00. The van der Waals surface area contributed by atoms with Gasteiger partial charge in [0, 0.05) is 14.0 Å². The molecule has 0 rings (SSSR count). The van der Waals surface area contributed by atoms with Gasteiger partial charge in [-0.25, -0.2) is 0 Å². The molecule has 50 valence electrons. The molecule has 0 aliphatic carbocycles. The number of nitrogens with one attached hydrogen (secondary N) is 2. The summed E-state index contributed by atoms with van der Waals surface area (Å²) in [7, 11) is 1.58. The highest BCUT2D eigenvalue weighted by molar-refractivity contribution is 6.73. The summed E-state index contributed by atoms with van der Waals surface area (Å²) in [5, 5.41) is 4.71. The van der Waals surface area contributed by atoms with Crippen molar-refractivity contribution in [1.29, 1.82) is 0 Å². The van der Waals surface area contributed by atoms with E-state index in [4.69, 9.17) is 0 Å². The Bertz CT molecular complexity index is 126. The zero-order valence-corrected chi connectivity index (χ0v) is 5.52. The van der Waals surface area contributed by atoms with Crippen LogP contribution in [0.4, 0.5) is 4.79 Å². The predicted octanol–water partition coefficient (Wildman–Crippen LogP) is -1.19. The normalized spacial score (nSPS) is 7.78. The molecule has 0 aromatic carbocycles. The van der Waals surface area contributed by atoms with Crippen LogP contribution in [0.25, 0.3) is 0 Å². The van der Waals surface area contributed by atoms with Gasteiger partial charge in [0.2, 0.25) is 5.91 Å². The van der Waals surface area contributed by atoms with E-state index in [-0.39, 0.29) is 19.1 Å². The monoisotopic (exact) mass is 128 g/mol. The van der Waals surface area contributed by atoms with E-state index in [0.717, 1.165) is 0 Å². The van der Waals surface area contributed by atoms with E-state index in [9.17, 15) is 9.59 Å². The lowest BCUT2D eigenvalue weighted by molar-refractivity contribution is -0.117. The molecule has 2 N–H and O–H groups in total. The fourth-order valence-corrected chi connectivity index (χ4v) is 0.293. The molecule has 0 heterocycles. The van der Waals surface area contributed by atoms with Crippen LogP contribution in [0.2, 0.25) is 0 Å². The van der Waals surface area contributed by atoms with Crippen LogP contribution in [0.15, 0.2) is 0 Å². The van der Waals surface area contributed by atoms with Crippen LogP contribution in [-0.2, 0) is 4.79 Å². The van der Waals surface area contributed by atoms with E-state index in [1.165, 1.54) is 14.0 Å². The molecular weight excluding hydrogens is 119 g/mol. The molecule has 0 unspecified atom stereocenters. The molecule has 0 spiro atoms. The molecule has 0 aromatic heterocycles. The van der Waals surface area contributed by atoms with Crippen LogP contribution in [0.5, 0.6) is 0 Å². The van der Waals surface area contributed by atoms with E-state index >= 15 is 0 Å². The molecule has 9 heavy (non-hydrogen) atoms. The highest BCUT2D eigenvalue weighted by Crippen LogP contribution is 1.61. The molecular formula is C4H9BN2O2. The summed E-state index contributed by atoms with van der Waals surface area (Å²) in [6.45, 7) is 1.36. The fourth-order valence-electron chi connectivity index (χ4n) is 0.293. The minimum atomic E-state index is -0.196. The SMILES string of the molecule is CNC(=O)BNC(C)=O. The Hall–Kier alpha value is -0.995. The van der Waals surface area contributed by atoms with Crippen molar-refractivity contribution in [1.82, 2.24) is 10.5 Å². The van der Waals surface area contributed by atoms with Crippen molar-refractivity contribution >= 4 is 19.1 Å². The van der Waals surface area contributed by atoms with E-state index < -0.39 is 0 Å². The first-order chi connectivity index (χ1) is 4.16. The molecule has 0 aliphatic rings. The average Bonchev–Trinajstić information content (AvgIpc) is 1.83. The number of rotatable bonds is 2. The molecule has 5 heteroatoms. The topological polar surface area (TPSA) is 58.2 Å². The van der Waals surface area contributed by atoms with Gasteiger partial charge in [0.1, 0.15) is 0 Å². The number of carbonyl (C=O) groups is 2. The standard InChI is InChI=1S/C4H9BN2O2/c1-3(8)7-5-4(9)6-2/h5H,1-2H3,(H,6,9)(H,7,8). The summed E-state index contributed by atoms with van der Waals surface area (Å²) in [5.74, 6) is -0.385. The third-order valence-electron chi connectivity index (χ3n) is 0.777. The summed E-state index contributed by atoms with van der Waals surface area (Å²) >= 11 is 0. The third kappa shape index (κ3) is 4.87. The highest BCUT2D eigenvalue weighted by atomic mass is 16.2. The Kier molecular flexibility index (Phi) is 3.51. The van der Waals surface area contributed by atoms with Crippen molar-refractivity contribution in [2.24, 2.45) is 0 Å². The quantitative estimate of drug-likeness (QED) is 0.459. The Labute approximate surface area is 54.3 Å². The Morgan fingerprint density at radius 3 is 2.33 bits per heavy atom. The van der Waals surface area contributed by atoms with Crippen molar-refractivity contribution in [3.8, 4) is 0 Å². The second-order valence-corrected chi connectivity index (χ2v) is 1.58. The smallest absolute Gasteiger partial charge is 0.343 e. The van der Waals surface area contributed by atoms with Gasteiger partial charge in [-0.1, -0.05) is 0 Å². The zero-order valence-electron chi connectivity index (χ0n) is 5.52. The molecule has 0 radical (unpaired) electrons. The van der Waals surface area contributed by atoms with Crippen LogP contribution in [-0.4, -0.2) is 26.2 Å². The maximum Gasteiger partial charge on any atom is 0.343 e. The predicted molar refractivity (Wildman–Crippen MR) is 35.4 cm³/mol. The summed E-state index contributed by atoms with van der Waals surface area (Å²) in [5.41, 5.74) is 0. The number of hydrogen-bond acceptors (Lipinski definition) is 2. The summed E-state index contributed by atoms with van der Waals surface area (Å²) in [6.07, 6.45) is 0. The largest absolute Gasteiger partial charge is 0.394 e. The van der Waals surface area contributed by atoms with Crippen LogP contribution in [0, 0.1) is 0 Å². The maximum absolute atomic E-state index is 10.4. The second-order valence-electron chi connectivity index (χ2n) is 1.58. The zero-order chi connectivity index (χ0) is 7.28. The van der Waals surface area contributed by atoms with Crippen LogP contribution < -0.4 is 10.5 Å². The van der Waals surface area contributed by atoms with Crippen molar-refractivity contribution in [2.45, 2.75) is 6.92 Å². The van der Waals surface area contributed by atoms with E-state index in [1.54, 1.807) is 0 Å². The van der Waals surface area contributed by atoms with Gasteiger partial charge in [-0.15, -0.1) is 0 Å². The molecule has 0 fully saturated rings. The van der Waals surface area contributed by atoms with Crippen molar-refractivity contribution < 1.29 is 9.59 Å². The molecule has 0 aliphatic heterocycles. The van der Waals surface area contributed by atoms with Crippen molar-refractivity contribution in [3.05, 3.63) is 0 Å². The molecule has 0 saturated heterocycles. The second kappa shape index (κ2) is 3.94. The van der Waals surface area contributed by atoms with Gasteiger partial charge in [-0.05, 0) is 0 Å². The molecule has 0 aromatic rings. The average molecular weight is 128 g/mol. The first-order valence-corrected chi connectivity index (χ1v) is 2.62. The molecule has 4 nitrogen and oxygen atoms in total. The highest BCUT2D eigenvalue weighted by Gasteiger charge is 2.00. The Morgan fingerprint density at radius 2 is 2.00 bits per heavy atom. The number of amides is 2. The maximum atomic E-state index is 10.4. The van der Waals surface area contributed by atoms with Gasteiger partial charge in [-0.3, -0.25) is 9.59 Å². The van der Waals surface area contributed by atoms with Gasteiger partial charge in [0.15, 0.2) is 5.81 Å². The van der Waals surface area contributed by atoms with Gasteiger partial charge in [0.05, 0.1) is 0 Å². The summed E-state index contributed by atoms with van der Waals surface area (Å²) < 4.78 is 0. The Morgan fingerprint density at radius 1 is 1.44 bits per heavy atom. The fraction of sp³-hybridized carbons (Fsp3) is 0.500. The number of hydrogen-bond donors (Lipinski definition) is 2. The van der Waals surface area contributed by atoms with Crippen molar-refractivity contribution in [2.75, 3.05) is 7.05 Å². The summed E-state index contributed by atoms with van der Waals surface area (Å²) in [6, 6.07) is 0. The van der Waals surface area contributed by atoms with Gasteiger partial charge >= 0.3 is 7.41 Å².